The quantitative estimate of drug-likeness (QED) is 0.535. The van der Waals surface area contributed by atoms with Crippen LogP contribution in [0.4, 0.5) is 5.69 Å². The van der Waals surface area contributed by atoms with Gasteiger partial charge in [0.05, 0.1) is 10.6 Å². The summed E-state index contributed by atoms with van der Waals surface area (Å²) < 4.78 is 16.8. The molecule has 0 atom stereocenters. The van der Waals surface area contributed by atoms with Gasteiger partial charge < -0.3 is 19.2 Å². The van der Waals surface area contributed by atoms with E-state index < -0.39 is 0 Å². The largest absolute Gasteiger partial charge is 0.486 e. The third-order valence-electron chi connectivity index (χ3n) is 4.42. The average Bonchev–Trinajstić information content (AvgIpc) is 3.18. The van der Waals surface area contributed by atoms with Crippen LogP contribution in [0.1, 0.15) is 10.4 Å². The van der Waals surface area contributed by atoms with Gasteiger partial charge in [0.1, 0.15) is 13.2 Å². The van der Waals surface area contributed by atoms with Crippen molar-refractivity contribution in [2.24, 2.45) is 0 Å². The van der Waals surface area contributed by atoms with Crippen molar-refractivity contribution in [1.29, 1.82) is 0 Å². The van der Waals surface area contributed by atoms with Crippen LogP contribution in [0, 0.1) is 0 Å². The van der Waals surface area contributed by atoms with Crippen LogP contribution < -0.4 is 14.8 Å². The summed E-state index contributed by atoms with van der Waals surface area (Å²) in [4.78, 5) is 21.2. The predicted octanol–water partition coefficient (Wildman–Crippen LogP) is 4.57. The van der Waals surface area contributed by atoms with Gasteiger partial charge in [-0.05, 0) is 48.5 Å². The molecular weight excluding hydrogens is 394 g/mol. The Morgan fingerprint density at radius 3 is 2.76 bits per heavy atom. The van der Waals surface area contributed by atoms with E-state index in [9.17, 15) is 4.79 Å². The smallest absolute Gasteiger partial charge is 0.255 e. The minimum absolute atomic E-state index is 0.283. The van der Waals surface area contributed by atoms with Crippen molar-refractivity contribution in [1.82, 2.24) is 9.97 Å². The Labute approximate surface area is 170 Å². The minimum atomic E-state index is -0.283. The van der Waals surface area contributed by atoms with Gasteiger partial charge in [0.2, 0.25) is 5.89 Å². The Morgan fingerprint density at radius 1 is 1.03 bits per heavy atom. The molecule has 1 aliphatic rings. The number of aromatic nitrogens is 2. The number of oxazole rings is 1. The standard InChI is InChI=1S/C21H14ClN3O4/c22-15-5-4-13(11-14(15)21-25-19-17(29-21)2-1-7-23-19)24-20(26)12-3-6-16-18(10-12)28-9-8-27-16/h1-7,10-11H,8-9H2,(H,24,26). The zero-order valence-electron chi connectivity index (χ0n) is 15.0. The van der Waals surface area contributed by atoms with Crippen molar-refractivity contribution in [3.63, 3.8) is 0 Å². The number of carbonyl (C=O) groups is 1. The molecule has 8 heteroatoms. The van der Waals surface area contributed by atoms with Gasteiger partial charge in [0.15, 0.2) is 22.7 Å². The SMILES string of the molecule is O=C(Nc1ccc(Cl)c(-c2nc3ncccc3o2)c1)c1ccc2c(c1)OCCO2. The fraction of sp³-hybridized carbons (Fsp3) is 0.0952. The van der Waals surface area contributed by atoms with Crippen molar-refractivity contribution in [3.8, 4) is 23.0 Å². The second kappa shape index (κ2) is 7.10. The molecule has 0 unspecified atom stereocenters. The second-order valence-corrected chi connectivity index (χ2v) is 6.76. The lowest BCUT2D eigenvalue weighted by molar-refractivity contribution is 0.102. The molecule has 1 N–H and O–H groups in total. The van der Waals surface area contributed by atoms with Crippen LogP contribution in [0.5, 0.6) is 11.5 Å². The number of nitrogens with zero attached hydrogens (tertiary/aromatic N) is 2. The molecule has 2 aromatic heterocycles. The molecule has 5 rings (SSSR count). The van der Waals surface area contributed by atoms with Crippen molar-refractivity contribution in [2.75, 3.05) is 18.5 Å². The summed E-state index contributed by atoms with van der Waals surface area (Å²) in [5.41, 5.74) is 2.62. The third kappa shape index (κ3) is 3.36. The van der Waals surface area contributed by atoms with Gasteiger partial charge >= 0.3 is 0 Å². The molecule has 1 amide bonds. The molecule has 7 nitrogen and oxygen atoms in total. The van der Waals surface area contributed by atoms with Crippen molar-refractivity contribution < 1.29 is 18.7 Å². The highest BCUT2D eigenvalue weighted by molar-refractivity contribution is 6.33. The summed E-state index contributed by atoms with van der Waals surface area (Å²) in [6, 6.07) is 13.7. The highest BCUT2D eigenvalue weighted by Gasteiger charge is 2.17. The van der Waals surface area contributed by atoms with Gasteiger partial charge in [-0.15, -0.1) is 0 Å². The number of rotatable bonds is 3. The molecule has 0 saturated carbocycles. The van der Waals surface area contributed by atoms with Crippen LogP contribution in [0.2, 0.25) is 5.02 Å². The van der Waals surface area contributed by atoms with Gasteiger partial charge in [0.25, 0.3) is 5.91 Å². The number of anilines is 1. The number of halogens is 1. The molecule has 144 valence electrons. The second-order valence-electron chi connectivity index (χ2n) is 6.35. The van der Waals surface area contributed by atoms with Crippen LogP contribution in [0.3, 0.4) is 0 Å². The van der Waals surface area contributed by atoms with Gasteiger partial charge in [-0.1, -0.05) is 11.6 Å². The number of carbonyl (C=O) groups excluding carboxylic acids is 1. The molecule has 0 spiro atoms. The maximum atomic E-state index is 12.7. The normalized spacial score (nSPS) is 12.7. The molecular formula is C21H14ClN3O4. The molecule has 4 aromatic rings. The zero-order chi connectivity index (χ0) is 19.8. The van der Waals surface area contributed by atoms with Gasteiger partial charge in [-0.3, -0.25) is 4.79 Å². The van der Waals surface area contributed by atoms with E-state index in [-0.39, 0.29) is 5.91 Å². The first kappa shape index (κ1) is 17.5. The molecule has 1 aliphatic heterocycles. The first-order chi connectivity index (χ1) is 14.2. The van der Waals surface area contributed by atoms with E-state index in [2.05, 4.69) is 15.3 Å². The molecule has 0 fully saturated rings. The molecule has 0 bridgehead atoms. The molecule has 2 aromatic carbocycles. The number of nitrogens with one attached hydrogen (secondary N) is 1. The summed E-state index contributed by atoms with van der Waals surface area (Å²) >= 11 is 6.33. The van der Waals surface area contributed by atoms with Crippen LogP contribution in [0.15, 0.2) is 59.1 Å². The maximum absolute atomic E-state index is 12.7. The number of ether oxygens (including phenoxy) is 2. The van der Waals surface area contributed by atoms with Crippen LogP contribution in [-0.4, -0.2) is 29.1 Å². The molecule has 0 saturated heterocycles. The fourth-order valence-corrected chi connectivity index (χ4v) is 3.24. The van der Waals surface area contributed by atoms with E-state index in [0.29, 0.717) is 63.7 Å². The Kier molecular flexibility index (Phi) is 4.29. The summed E-state index contributed by atoms with van der Waals surface area (Å²) in [7, 11) is 0. The summed E-state index contributed by atoms with van der Waals surface area (Å²) in [6.07, 6.45) is 1.64. The Hall–Kier alpha value is -3.58. The first-order valence-electron chi connectivity index (χ1n) is 8.90. The minimum Gasteiger partial charge on any atom is -0.486 e. The summed E-state index contributed by atoms with van der Waals surface area (Å²) in [6.45, 7) is 0.954. The third-order valence-corrected chi connectivity index (χ3v) is 4.75. The van der Waals surface area contributed by atoms with Crippen LogP contribution in [0.25, 0.3) is 22.7 Å². The van der Waals surface area contributed by atoms with E-state index >= 15 is 0 Å². The monoisotopic (exact) mass is 407 g/mol. The number of hydrogen-bond acceptors (Lipinski definition) is 6. The number of pyridine rings is 1. The Balaban J connectivity index is 1.43. The zero-order valence-corrected chi connectivity index (χ0v) is 15.8. The van der Waals surface area contributed by atoms with Crippen LogP contribution in [-0.2, 0) is 0 Å². The summed E-state index contributed by atoms with van der Waals surface area (Å²) in [5.74, 6) is 1.24. The Bertz CT molecular complexity index is 1200. The van der Waals surface area contributed by atoms with Crippen molar-refractivity contribution in [2.45, 2.75) is 0 Å². The van der Waals surface area contributed by atoms with Gasteiger partial charge in [-0.2, -0.15) is 4.98 Å². The number of fused-ring (bicyclic) bond motifs is 2. The van der Waals surface area contributed by atoms with E-state index in [4.69, 9.17) is 25.5 Å². The molecule has 29 heavy (non-hydrogen) atoms. The Morgan fingerprint density at radius 2 is 1.90 bits per heavy atom. The average molecular weight is 408 g/mol. The van der Waals surface area contributed by atoms with Gasteiger partial charge in [0, 0.05) is 17.4 Å². The molecule has 3 heterocycles. The summed E-state index contributed by atoms with van der Waals surface area (Å²) in [5, 5.41) is 3.31. The van der Waals surface area contributed by atoms with E-state index in [1.54, 1.807) is 54.7 Å². The maximum Gasteiger partial charge on any atom is 0.255 e. The van der Waals surface area contributed by atoms with Gasteiger partial charge in [-0.25, -0.2) is 4.98 Å². The number of hydrogen-bond donors (Lipinski definition) is 1. The number of benzene rings is 2. The lowest BCUT2D eigenvalue weighted by Gasteiger charge is -2.18. The predicted molar refractivity (Wildman–Crippen MR) is 108 cm³/mol. The fourth-order valence-electron chi connectivity index (χ4n) is 3.04. The highest BCUT2D eigenvalue weighted by atomic mass is 35.5. The topological polar surface area (TPSA) is 86.5 Å². The van der Waals surface area contributed by atoms with E-state index in [0.717, 1.165) is 0 Å². The first-order valence-corrected chi connectivity index (χ1v) is 9.28. The van der Waals surface area contributed by atoms with E-state index in [1.165, 1.54) is 0 Å². The molecule has 0 radical (unpaired) electrons. The van der Waals surface area contributed by atoms with Crippen molar-refractivity contribution >= 4 is 34.4 Å². The number of amides is 1. The van der Waals surface area contributed by atoms with E-state index in [1.807, 2.05) is 0 Å². The molecule has 0 aliphatic carbocycles. The lowest BCUT2D eigenvalue weighted by atomic mass is 10.1. The van der Waals surface area contributed by atoms with Crippen LogP contribution >= 0.6 is 11.6 Å². The highest BCUT2D eigenvalue weighted by Crippen LogP contribution is 2.33. The lowest BCUT2D eigenvalue weighted by Crippen LogP contribution is -2.17. The van der Waals surface area contributed by atoms with Crippen molar-refractivity contribution in [3.05, 3.63) is 65.3 Å².